The van der Waals surface area contributed by atoms with Crippen molar-refractivity contribution in [2.75, 3.05) is 26.2 Å². The van der Waals surface area contributed by atoms with Crippen molar-refractivity contribution in [3.05, 3.63) is 28.8 Å². The van der Waals surface area contributed by atoms with Crippen LogP contribution in [0.2, 0.25) is 0 Å². The largest absolute Gasteiger partial charge is 0.416 e. The molecule has 0 spiro atoms. The first-order valence-corrected chi connectivity index (χ1v) is 10.2. The maximum atomic E-state index is 12.8. The van der Waals surface area contributed by atoms with Crippen molar-refractivity contribution in [2.45, 2.75) is 31.9 Å². The van der Waals surface area contributed by atoms with E-state index >= 15 is 0 Å². The number of aryl methyl sites for hydroxylation is 1. The highest BCUT2D eigenvalue weighted by Crippen LogP contribution is 2.33. The van der Waals surface area contributed by atoms with Crippen LogP contribution in [0.25, 0.3) is 10.2 Å². The summed E-state index contributed by atoms with van der Waals surface area (Å²) in [6, 6.07) is 3.62. The second-order valence-corrected chi connectivity index (χ2v) is 8.54. The van der Waals surface area contributed by atoms with E-state index in [1.807, 2.05) is 4.90 Å². The van der Waals surface area contributed by atoms with Gasteiger partial charge in [-0.2, -0.15) is 13.2 Å². The van der Waals surface area contributed by atoms with Crippen LogP contribution in [0.3, 0.4) is 0 Å². The zero-order valence-electron chi connectivity index (χ0n) is 14.9. The summed E-state index contributed by atoms with van der Waals surface area (Å²) in [6.45, 7) is 3.71. The number of nitrogens with one attached hydrogen (secondary N) is 1. The SMILES string of the molecule is O=C(CCc1nc2cc(C(F)(F)F)ccc2s1)N1CC[C@@H]2CNC[C@@H]2CC1. The van der Waals surface area contributed by atoms with Crippen molar-refractivity contribution in [3.63, 3.8) is 0 Å². The average Bonchev–Trinajstić information content (AvgIpc) is 3.20. The number of carbonyl (C=O) groups excluding carboxylic acids is 1. The summed E-state index contributed by atoms with van der Waals surface area (Å²) in [6.07, 6.45) is -1.44. The molecule has 8 heteroatoms. The lowest BCUT2D eigenvalue weighted by Crippen LogP contribution is -2.32. The van der Waals surface area contributed by atoms with Gasteiger partial charge in [-0.05, 0) is 56.0 Å². The lowest BCUT2D eigenvalue weighted by atomic mass is 9.92. The molecule has 1 aromatic heterocycles. The van der Waals surface area contributed by atoms with E-state index in [2.05, 4.69) is 10.3 Å². The Hall–Kier alpha value is -1.67. The normalized spacial score (nSPS) is 23.4. The van der Waals surface area contributed by atoms with E-state index < -0.39 is 11.7 Å². The molecule has 0 bridgehead atoms. The molecule has 1 amide bonds. The number of fused-ring (bicyclic) bond motifs is 2. The van der Waals surface area contributed by atoms with E-state index in [-0.39, 0.29) is 5.91 Å². The highest BCUT2D eigenvalue weighted by atomic mass is 32.1. The summed E-state index contributed by atoms with van der Waals surface area (Å²) in [4.78, 5) is 18.8. The van der Waals surface area contributed by atoms with Gasteiger partial charge in [-0.1, -0.05) is 0 Å². The van der Waals surface area contributed by atoms with Crippen molar-refractivity contribution in [1.82, 2.24) is 15.2 Å². The van der Waals surface area contributed by atoms with E-state index in [1.54, 1.807) is 0 Å². The predicted octanol–water partition coefficient (Wildman–Crippen LogP) is 3.71. The lowest BCUT2D eigenvalue weighted by molar-refractivity contribution is -0.137. The summed E-state index contributed by atoms with van der Waals surface area (Å²) in [5.74, 6) is 1.47. The number of likely N-dealkylation sites (tertiary alicyclic amines) is 1. The number of hydrogen-bond donors (Lipinski definition) is 1. The number of thiazole rings is 1. The molecule has 0 radical (unpaired) electrons. The number of carbonyl (C=O) groups is 1. The van der Waals surface area contributed by atoms with Crippen LogP contribution in [0, 0.1) is 11.8 Å². The average molecular weight is 397 g/mol. The monoisotopic (exact) mass is 397 g/mol. The summed E-state index contributed by atoms with van der Waals surface area (Å²) < 4.78 is 39.2. The molecule has 4 rings (SSSR count). The van der Waals surface area contributed by atoms with Crippen LogP contribution in [0.1, 0.15) is 29.8 Å². The number of nitrogens with zero attached hydrogens (tertiary/aromatic N) is 2. The standard InChI is InChI=1S/C19H22F3N3OS/c20-19(21,22)14-1-2-16-15(9-14)24-17(27-16)3-4-18(26)25-7-5-12-10-23-11-13(12)6-8-25/h1-2,9,12-13,23H,3-8,10-11H2/t12-,13+. The van der Waals surface area contributed by atoms with E-state index in [9.17, 15) is 18.0 Å². The highest BCUT2D eigenvalue weighted by molar-refractivity contribution is 7.18. The highest BCUT2D eigenvalue weighted by Gasteiger charge is 2.32. The second kappa shape index (κ2) is 7.39. The maximum Gasteiger partial charge on any atom is 0.416 e. The van der Waals surface area contributed by atoms with Crippen LogP contribution in [0.5, 0.6) is 0 Å². The first-order chi connectivity index (χ1) is 12.9. The summed E-state index contributed by atoms with van der Waals surface area (Å²) in [5, 5.41) is 4.14. The van der Waals surface area contributed by atoms with E-state index in [0.29, 0.717) is 35.2 Å². The molecule has 2 atom stereocenters. The number of rotatable bonds is 3. The smallest absolute Gasteiger partial charge is 0.343 e. The fourth-order valence-corrected chi connectivity index (χ4v) is 5.05. The molecular formula is C19H22F3N3OS. The lowest BCUT2D eigenvalue weighted by Gasteiger charge is -2.20. The molecule has 0 saturated carbocycles. The minimum Gasteiger partial charge on any atom is -0.343 e. The summed E-state index contributed by atoms with van der Waals surface area (Å²) >= 11 is 1.37. The van der Waals surface area contributed by atoms with Gasteiger partial charge >= 0.3 is 6.18 Å². The van der Waals surface area contributed by atoms with Crippen LogP contribution in [0.15, 0.2) is 18.2 Å². The molecule has 2 fully saturated rings. The topological polar surface area (TPSA) is 45.2 Å². The third kappa shape index (κ3) is 4.11. The van der Waals surface area contributed by atoms with Crippen LogP contribution < -0.4 is 5.32 Å². The predicted molar refractivity (Wildman–Crippen MR) is 98.6 cm³/mol. The van der Waals surface area contributed by atoms with Crippen molar-refractivity contribution in [2.24, 2.45) is 11.8 Å². The van der Waals surface area contributed by atoms with Crippen LogP contribution >= 0.6 is 11.3 Å². The quantitative estimate of drug-likeness (QED) is 0.859. The Kier molecular flexibility index (Phi) is 5.11. The van der Waals surface area contributed by atoms with E-state index in [1.165, 1.54) is 17.4 Å². The van der Waals surface area contributed by atoms with Gasteiger partial charge in [-0.15, -0.1) is 11.3 Å². The molecular weight excluding hydrogens is 375 g/mol. The van der Waals surface area contributed by atoms with Crippen molar-refractivity contribution in [1.29, 1.82) is 0 Å². The molecule has 27 heavy (non-hydrogen) atoms. The van der Waals surface area contributed by atoms with E-state index in [4.69, 9.17) is 0 Å². The third-order valence-electron chi connectivity index (χ3n) is 5.68. The minimum atomic E-state index is -4.37. The van der Waals surface area contributed by atoms with Gasteiger partial charge in [-0.3, -0.25) is 4.79 Å². The van der Waals surface area contributed by atoms with Crippen molar-refractivity contribution in [3.8, 4) is 0 Å². The molecule has 1 aromatic carbocycles. The summed E-state index contributed by atoms with van der Waals surface area (Å²) in [5.41, 5.74) is -0.333. The Labute approximate surface area is 159 Å². The first kappa shape index (κ1) is 18.7. The van der Waals surface area contributed by atoms with Gasteiger partial charge in [0.15, 0.2) is 0 Å². The molecule has 2 aliphatic rings. The van der Waals surface area contributed by atoms with Gasteiger partial charge < -0.3 is 10.2 Å². The number of halogens is 3. The molecule has 1 N–H and O–H groups in total. The molecule has 3 heterocycles. The minimum absolute atomic E-state index is 0.123. The molecule has 2 aromatic rings. The number of alkyl halides is 3. The molecule has 0 unspecified atom stereocenters. The summed E-state index contributed by atoms with van der Waals surface area (Å²) in [7, 11) is 0. The van der Waals surface area contributed by atoms with Gasteiger partial charge in [0.25, 0.3) is 0 Å². The Morgan fingerprint density at radius 2 is 1.93 bits per heavy atom. The fourth-order valence-electron chi connectivity index (χ4n) is 4.10. The number of benzene rings is 1. The van der Waals surface area contributed by atoms with Gasteiger partial charge in [0.1, 0.15) is 0 Å². The van der Waals surface area contributed by atoms with Gasteiger partial charge in [0.05, 0.1) is 20.8 Å². The Balaban J connectivity index is 1.37. The zero-order chi connectivity index (χ0) is 19.0. The third-order valence-corrected chi connectivity index (χ3v) is 6.78. The van der Waals surface area contributed by atoms with Crippen molar-refractivity contribution >= 4 is 27.5 Å². The number of aromatic nitrogens is 1. The van der Waals surface area contributed by atoms with Crippen LogP contribution in [0.4, 0.5) is 13.2 Å². The number of amides is 1. The zero-order valence-corrected chi connectivity index (χ0v) is 15.7. The molecule has 0 aliphatic carbocycles. The maximum absolute atomic E-state index is 12.8. The van der Waals surface area contributed by atoms with Crippen LogP contribution in [-0.4, -0.2) is 42.0 Å². The molecule has 2 aliphatic heterocycles. The van der Waals surface area contributed by atoms with Gasteiger partial charge in [0.2, 0.25) is 5.91 Å². The first-order valence-electron chi connectivity index (χ1n) is 9.35. The Morgan fingerprint density at radius 3 is 2.59 bits per heavy atom. The Bertz CT molecular complexity index is 821. The molecule has 146 valence electrons. The number of hydrogen-bond acceptors (Lipinski definition) is 4. The van der Waals surface area contributed by atoms with E-state index in [0.717, 1.165) is 55.9 Å². The van der Waals surface area contributed by atoms with Crippen molar-refractivity contribution < 1.29 is 18.0 Å². The fraction of sp³-hybridized carbons (Fsp3) is 0.579. The Morgan fingerprint density at radius 1 is 1.22 bits per heavy atom. The molecule has 4 nitrogen and oxygen atoms in total. The molecule has 2 saturated heterocycles. The second-order valence-electron chi connectivity index (χ2n) is 7.42. The van der Waals surface area contributed by atoms with Gasteiger partial charge in [0, 0.05) is 25.9 Å². The van der Waals surface area contributed by atoms with Crippen LogP contribution in [-0.2, 0) is 17.4 Å². The van der Waals surface area contributed by atoms with Gasteiger partial charge in [-0.25, -0.2) is 4.98 Å².